The average molecular weight is 367 g/mol. The molecule has 0 aliphatic heterocycles. The van der Waals surface area contributed by atoms with Crippen molar-refractivity contribution in [1.29, 1.82) is 0 Å². The van der Waals surface area contributed by atoms with Crippen LogP contribution in [0.15, 0.2) is 30.3 Å². The third-order valence-corrected chi connectivity index (χ3v) is 3.56. The molecule has 5 N–H and O–H groups in total. The van der Waals surface area contributed by atoms with Gasteiger partial charge >= 0.3 is 12.0 Å². The molecule has 144 valence electrons. The van der Waals surface area contributed by atoms with Crippen molar-refractivity contribution in [2.24, 2.45) is 5.92 Å². The number of carbonyl (C=O) groups is 3. The van der Waals surface area contributed by atoms with Crippen LogP contribution in [0.25, 0.3) is 0 Å². The maximum Gasteiger partial charge on any atom is 0.318 e. The van der Waals surface area contributed by atoms with Gasteiger partial charge < -0.3 is 20.4 Å². The Morgan fingerprint density at radius 3 is 2.23 bits per heavy atom. The Bertz CT molecular complexity index is 608. The lowest BCUT2D eigenvalue weighted by Gasteiger charge is -2.29. The quantitative estimate of drug-likeness (QED) is 0.322. The minimum Gasteiger partial charge on any atom is -0.481 e. The molecule has 0 saturated carbocycles. The van der Waals surface area contributed by atoms with Crippen LogP contribution >= 0.6 is 0 Å². The van der Waals surface area contributed by atoms with E-state index in [1.165, 1.54) is 10.4 Å². The number of carboxylic acid groups (broad SMARTS) is 1. The molecule has 1 rings (SSSR count). The highest BCUT2D eigenvalue weighted by Crippen LogP contribution is 2.17. The summed E-state index contributed by atoms with van der Waals surface area (Å²) in [6.45, 7) is 3.59. The van der Waals surface area contributed by atoms with E-state index in [1.54, 1.807) is 30.3 Å². The van der Waals surface area contributed by atoms with Crippen LogP contribution in [0.4, 0.5) is 4.79 Å². The largest absolute Gasteiger partial charge is 0.481 e. The first-order chi connectivity index (χ1) is 12.2. The third kappa shape index (κ3) is 7.08. The molecule has 0 aromatic heterocycles. The van der Waals surface area contributed by atoms with Crippen LogP contribution in [0.1, 0.15) is 31.9 Å². The van der Waals surface area contributed by atoms with E-state index in [1.807, 2.05) is 13.8 Å². The number of amides is 3. The van der Waals surface area contributed by atoms with Crippen molar-refractivity contribution in [2.75, 3.05) is 13.1 Å². The Labute approximate surface area is 151 Å². The van der Waals surface area contributed by atoms with Crippen molar-refractivity contribution < 1.29 is 29.8 Å². The van der Waals surface area contributed by atoms with Gasteiger partial charge in [-0.25, -0.2) is 10.3 Å². The van der Waals surface area contributed by atoms with Gasteiger partial charge in [0.2, 0.25) is 0 Å². The summed E-state index contributed by atoms with van der Waals surface area (Å²) in [7, 11) is 0. The van der Waals surface area contributed by atoms with Crippen molar-refractivity contribution in [3.05, 3.63) is 35.9 Å². The topological polar surface area (TPSA) is 139 Å². The van der Waals surface area contributed by atoms with E-state index in [9.17, 15) is 19.5 Å². The molecular weight excluding hydrogens is 342 g/mol. The lowest BCUT2D eigenvalue weighted by atomic mass is 10.0. The van der Waals surface area contributed by atoms with Gasteiger partial charge in [0.15, 0.2) is 6.10 Å². The first kappa shape index (κ1) is 21.4. The predicted molar refractivity (Wildman–Crippen MR) is 92.3 cm³/mol. The lowest BCUT2D eigenvalue weighted by Crippen LogP contribution is -2.49. The van der Waals surface area contributed by atoms with Gasteiger partial charge in [0.05, 0.1) is 19.0 Å². The second-order valence-corrected chi connectivity index (χ2v) is 6.30. The van der Waals surface area contributed by atoms with Crippen molar-refractivity contribution in [3.63, 3.8) is 0 Å². The van der Waals surface area contributed by atoms with Crippen molar-refractivity contribution >= 4 is 17.9 Å². The van der Waals surface area contributed by atoms with Gasteiger partial charge in [-0.1, -0.05) is 44.2 Å². The van der Waals surface area contributed by atoms with E-state index in [4.69, 9.17) is 10.3 Å². The van der Waals surface area contributed by atoms with Crippen LogP contribution in [0, 0.1) is 5.92 Å². The molecule has 1 aromatic carbocycles. The van der Waals surface area contributed by atoms with Crippen molar-refractivity contribution in [3.8, 4) is 0 Å². The molecule has 0 spiro atoms. The number of benzene rings is 1. The zero-order valence-electron chi connectivity index (χ0n) is 14.8. The van der Waals surface area contributed by atoms with E-state index >= 15 is 0 Å². The second-order valence-electron chi connectivity index (χ2n) is 6.30. The molecule has 0 heterocycles. The highest BCUT2D eigenvalue weighted by molar-refractivity contribution is 5.81. The van der Waals surface area contributed by atoms with Crippen molar-refractivity contribution in [1.82, 2.24) is 15.7 Å². The van der Waals surface area contributed by atoms with Crippen LogP contribution < -0.4 is 10.8 Å². The molecule has 0 aliphatic carbocycles. The maximum absolute atomic E-state index is 12.6. The van der Waals surface area contributed by atoms with Crippen LogP contribution in [0.5, 0.6) is 0 Å². The van der Waals surface area contributed by atoms with Gasteiger partial charge in [-0.3, -0.25) is 14.8 Å². The predicted octanol–water partition coefficient (Wildman–Crippen LogP) is 0.736. The van der Waals surface area contributed by atoms with Gasteiger partial charge in [-0.2, -0.15) is 0 Å². The minimum atomic E-state index is -1.61. The summed E-state index contributed by atoms with van der Waals surface area (Å²) in [6, 6.07) is 7.27. The van der Waals surface area contributed by atoms with Crippen molar-refractivity contribution in [2.45, 2.75) is 32.4 Å². The summed E-state index contributed by atoms with van der Waals surface area (Å²) in [5.74, 6) is -2.06. The molecule has 9 heteroatoms. The molecule has 1 aromatic rings. The highest BCUT2D eigenvalue weighted by Gasteiger charge is 2.26. The molecule has 0 saturated heterocycles. The number of rotatable bonds is 9. The number of urea groups is 1. The lowest BCUT2D eigenvalue weighted by molar-refractivity contribution is -0.138. The van der Waals surface area contributed by atoms with E-state index in [0.29, 0.717) is 5.56 Å². The Kier molecular flexibility index (Phi) is 8.53. The van der Waals surface area contributed by atoms with Gasteiger partial charge in [-0.15, -0.1) is 0 Å². The number of nitrogens with one attached hydrogen (secondary N) is 2. The number of hydrogen-bond acceptors (Lipinski definition) is 5. The first-order valence-electron chi connectivity index (χ1n) is 8.18. The number of hydrogen-bond donors (Lipinski definition) is 5. The summed E-state index contributed by atoms with van der Waals surface area (Å²) >= 11 is 0. The molecule has 2 unspecified atom stereocenters. The van der Waals surface area contributed by atoms with E-state index in [2.05, 4.69) is 5.32 Å². The van der Waals surface area contributed by atoms with Gasteiger partial charge in [0.25, 0.3) is 5.91 Å². The summed E-state index contributed by atoms with van der Waals surface area (Å²) in [5, 5.41) is 30.1. The number of carboxylic acids is 1. The minimum absolute atomic E-state index is 0.0415. The summed E-state index contributed by atoms with van der Waals surface area (Å²) in [4.78, 5) is 36.2. The second kappa shape index (κ2) is 10.4. The molecular formula is C17H25N3O6. The normalized spacial score (nSPS) is 13.0. The third-order valence-electron chi connectivity index (χ3n) is 3.56. The number of nitrogens with zero attached hydrogens (tertiary/aromatic N) is 1. The van der Waals surface area contributed by atoms with Gasteiger partial charge in [0, 0.05) is 6.54 Å². The summed E-state index contributed by atoms with van der Waals surface area (Å²) in [6.07, 6.45) is -1.93. The van der Waals surface area contributed by atoms with Crippen LogP contribution in [0.3, 0.4) is 0 Å². The van der Waals surface area contributed by atoms with E-state index in [0.717, 1.165) is 0 Å². The number of hydroxylamine groups is 1. The van der Waals surface area contributed by atoms with E-state index < -0.39 is 30.1 Å². The molecule has 0 bridgehead atoms. The molecule has 0 radical (unpaired) electrons. The van der Waals surface area contributed by atoms with Gasteiger partial charge in [-0.05, 0) is 11.5 Å². The molecule has 3 amide bonds. The number of aliphatic hydroxyl groups excluding tert-OH is 1. The van der Waals surface area contributed by atoms with Crippen LogP contribution in [-0.2, 0) is 9.59 Å². The fraction of sp³-hybridized carbons (Fsp3) is 0.471. The molecule has 2 atom stereocenters. The zero-order chi connectivity index (χ0) is 19.7. The molecule has 26 heavy (non-hydrogen) atoms. The summed E-state index contributed by atoms with van der Waals surface area (Å²) in [5.41, 5.74) is 1.96. The van der Waals surface area contributed by atoms with E-state index in [-0.39, 0.29) is 25.4 Å². The number of carbonyl (C=O) groups excluding carboxylic acids is 2. The first-order valence-corrected chi connectivity index (χ1v) is 8.18. The Morgan fingerprint density at radius 1 is 1.12 bits per heavy atom. The molecule has 9 nitrogen and oxygen atoms in total. The smallest absolute Gasteiger partial charge is 0.318 e. The Balaban J connectivity index is 2.92. The molecule has 0 aliphatic rings. The zero-order valence-corrected chi connectivity index (χ0v) is 14.8. The Morgan fingerprint density at radius 2 is 1.73 bits per heavy atom. The average Bonchev–Trinajstić information content (AvgIpc) is 2.59. The SMILES string of the molecule is CC(C)CN(CC(O)C(=O)NO)C(=O)NC(CC(=O)O)c1ccccc1. The monoisotopic (exact) mass is 367 g/mol. The fourth-order valence-corrected chi connectivity index (χ4v) is 2.40. The number of aliphatic carboxylic acids is 1. The van der Waals surface area contributed by atoms with Crippen LogP contribution in [-0.4, -0.2) is 57.4 Å². The standard InChI is InChI=1S/C17H25N3O6/c1-11(2)9-20(10-14(21)16(24)19-26)17(25)18-13(8-15(22)23)12-6-4-3-5-7-12/h3-7,11,13-14,21,26H,8-10H2,1-2H3,(H,18,25)(H,19,24)(H,22,23). The number of aliphatic hydroxyl groups is 1. The Hall–Kier alpha value is -2.65. The molecule has 0 fully saturated rings. The van der Waals surface area contributed by atoms with Crippen LogP contribution in [0.2, 0.25) is 0 Å². The summed E-state index contributed by atoms with van der Waals surface area (Å²) < 4.78 is 0. The maximum atomic E-state index is 12.6. The van der Waals surface area contributed by atoms with Gasteiger partial charge in [0.1, 0.15) is 0 Å². The fourth-order valence-electron chi connectivity index (χ4n) is 2.40. The highest BCUT2D eigenvalue weighted by atomic mass is 16.5.